The predicted octanol–water partition coefficient (Wildman–Crippen LogP) is -0.250. The van der Waals surface area contributed by atoms with Crippen LogP contribution in [0.15, 0.2) is 18.3 Å². The summed E-state index contributed by atoms with van der Waals surface area (Å²) in [4.78, 5) is 28.4. The highest BCUT2D eigenvalue weighted by molar-refractivity contribution is 5.98. The average molecular weight is 266 g/mol. The van der Waals surface area contributed by atoms with Crippen LogP contribution >= 0.6 is 0 Å². The van der Waals surface area contributed by atoms with E-state index in [4.69, 9.17) is 9.84 Å². The minimum absolute atomic E-state index is 0.00610. The molecule has 1 aliphatic heterocycles. The van der Waals surface area contributed by atoms with Gasteiger partial charge in [0, 0.05) is 19.2 Å². The van der Waals surface area contributed by atoms with Gasteiger partial charge >= 0.3 is 5.97 Å². The lowest BCUT2D eigenvalue weighted by atomic mass is 10.2. The molecule has 1 aliphatic rings. The van der Waals surface area contributed by atoms with E-state index in [1.807, 2.05) is 0 Å². The van der Waals surface area contributed by atoms with Crippen LogP contribution in [-0.2, 0) is 4.79 Å². The van der Waals surface area contributed by atoms with Crippen molar-refractivity contribution in [1.82, 2.24) is 9.88 Å². The van der Waals surface area contributed by atoms with Crippen LogP contribution in [-0.4, -0.2) is 57.8 Å². The number of methoxy groups -OCH3 is 1. The van der Waals surface area contributed by atoms with Gasteiger partial charge in [-0.1, -0.05) is 0 Å². The van der Waals surface area contributed by atoms with Crippen LogP contribution in [0.1, 0.15) is 16.8 Å². The van der Waals surface area contributed by atoms with Crippen molar-refractivity contribution in [2.24, 2.45) is 0 Å². The number of ether oxygens (including phenoxy) is 1. The fourth-order valence-corrected chi connectivity index (χ4v) is 2.14. The summed E-state index contributed by atoms with van der Waals surface area (Å²) in [6.45, 7) is -0.00610. The molecule has 2 N–H and O–H groups in total. The van der Waals surface area contributed by atoms with Gasteiger partial charge < -0.3 is 19.8 Å². The Morgan fingerprint density at radius 1 is 1.53 bits per heavy atom. The second-order valence-electron chi connectivity index (χ2n) is 4.26. The van der Waals surface area contributed by atoms with Gasteiger partial charge in [0.1, 0.15) is 11.6 Å². The fourth-order valence-electron chi connectivity index (χ4n) is 2.14. The number of likely N-dealkylation sites (tertiary alicyclic amines) is 1. The summed E-state index contributed by atoms with van der Waals surface area (Å²) in [6, 6.07) is 2.06. The molecule has 2 heterocycles. The van der Waals surface area contributed by atoms with Gasteiger partial charge in [-0.3, -0.25) is 4.79 Å². The minimum atomic E-state index is -1.13. The van der Waals surface area contributed by atoms with Crippen molar-refractivity contribution in [2.45, 2.75) is 18.6 Å². The maximum absolute atomic E-state index is 12.3. The number of aliphatic hydroxyl groups excluding tert-OH is 1. The number of aliphatic hydroxyl groups is 1. The molecule has 1 aromatic heterocycles. The highest BCUT2D eigenvalue weighted by Crippen LogP contribution is 2.24. The number of β-amino-alcohol motifs (C(OH)–C–C–N with tert-alkyl or cyclic N) is 1. The lowest BCUT2D eigenvalue weighted by Crippen LogP contribution is -2.40. The van der Waals surface area contributed by atoms with Crippen molar-refractivity contribution >= 4 is 11.9 Å². The molecule has 1 amide bonds. The molecule has 0 spiro atoms. The summed E-state index contributed by atoms with van der Waals surface area (Å²) in [6.07, 6.45) is 0.681. The number of carboxylic acids is 1. The molecule has 102 valence electrons. The van der Waals surface area contributed by atoms with E-state index < -0.39 is 24.0 Å². The first-order valence-electron chi connectivity index (χ1n) is 5.75. The van der Waals surface area contributed by atoms with Crippen molar-refractivity contribution in [3.63, 3.8) is 0 Å². The van der Waals surface area contributed by atoms with Crippen molar-refractivity contribution < 1.29 is 24.5 Å². The first-order valence-corrected chi connectivity index (χ1v) is 5.75. The maximum Gasteiger partial charge on any atom is 0.326 e. The number of carbonyl (C=O) groups is 2. The normalized spacial score (nSPS) is 22.3. The van der Waals surface area contributed by atoms with E-state index in [-0.39, 0.29) is 24.4 Å². The number of carboxylic acid groups (broad SMARTS) is 1. The SMILES string of the molecule is COc1ncccc1C(=O)N1CC(O)CC1C(=O)O. The van der Waals surface area contributed by atoms with Gasteiger partial charge in [0.25, 0.3) is 5.91 Å². The van der Waals surface area contributed by atoms with E-state index >= 15 is 0 Å². The van der Waals surface area contributed by atoms with Crippen molar-refractivity contribution in [3.05, 3.63) is 23.9 Å². The molecule has 0 aliphatic carbocycles. The summed E-state index contributed by atoms with van der Waals surface area (Å²) < 4.78 is 4.98. The van der Waals surface area contributed by atoms with Crippen LogP contribution in [0, 0.1) is 0 Å². The smallest absolute Gasteiger partial charge is 0.326 e. The van der Waals surface area contributed by atoms with Gasteiger partial charge in [0.2, 0.25) is 5.88 Å². The third-order valence-corrected chi connectivity index (χ3v) is 3.02. The summed E-state index contributed by atoms with van der Waals surface area (Å²) >= 11 is 0. The Morgan fingerprint density at radius 3 is 2.89 bits per heavy atom. The van der Waals surface area contributed by atoms with Crippen LogP contribution in [0.4, 0.5) is 0 Å². The summed E-state index contributed by atoms with van der Waals surface area (Å²) in [5.41, 5.74) is 0.186. The highest BCUT2D eigenvalue weighted by atomic mass is 16.5. The second-order valence-corrected chi connectivity index (χ2v) is 4.26. The molecule has 0 saturated carbocycles. The topological polar surface area (TPSA) is 100.0 Å². The van der Waals surface area contributed by atoms with Gasteiger partial charge in [0.05, 0.1) is 13.2 Å². The van der Waals surface area contributed by atoms with Crippen LogP contribution < -0.4 is 4.74 Å². The monoisotopic (exact) mass is 266 g/mol. The van der Waals surface area contributed by atoms with E-state index in [0.717, 1.165) is 4.90 Å². The van der Waals surface area contributed by atoms with Gasteiger partial charge in [-0.25, -0.2) is 9.78 Å². The van der Waals surface area contributed by atoms with E-state index in [1.54, 1.807) is 6.07 Å². The number of hydrogen-bond acceptors (Lipinski definition) is 5. The molecule has 2 atom stereocenters. The minimum Gasteiger partial charge on any atom is -0.480 e. The Kier molecular flexibility index (Phi) is 3.66. The molecule has 2 rings (SSSR count). The molecule has 7 nitrogen and oxygen atoms in total. The Morgan fingerprint density at radius 2 is 2.26 bits per heavy atom. The number of nitrogens with zero attached hydrogens (tertiary/aromatic N) is 2. The number of pyridine rings is 1. The van der Waals surface area contributed by atoms with E-state index in [0.29, 0.717) is 0 Å². The van der Waals surface area contributed by atoms with E-state index in [9.17, 15) is 14.7 Å². The number of carbonyl (C=O) groups excluding carboxylic acids is 1. The standard InChI is InChI=1S/C12H14N2O5/c1-19-10-8(3-2-4-13-10)11(16)14-6-7(15)5-9(14)12(17)18/h2-4,7,9,15H,5-6H2,1H3,(H,17,18). The largest absolute Gasteiger partial charge is 0.480 e. The molecule has 1 saturated heterocycles. The molecule has 7 heteroatoms. The van der Waals surface area contributed by atoms with Crippen LogP contribution in [0.3, 0.4) is 0 Å². The quantitative estimate of drug-likeness (QED) is 0.782. The zero-order chi connectivity index (χ0) is 14.0. The number of aromatic nitrogens is 1. The number of rotatable bonds is 3. The summed E-state index contributed by atoms with van der Waals surface area (Å²) in [5.74, 6) is -1.50. The predicted molar refractivity (Wildman–Crippen MR) is 63.9 cm³/mol. The van der Waals surface area contributed by atoms with Crippen LogP contribution in [0.25, 0.3) is 0 Å². The van der Waals surface area contributed by atoms with Crippen molar-refractivity contribution in [3.8, 4) is 5.88 Å². The molecule has 0 bridgehead atoms. The zero-order valence-electron chi connectivity index (χ0n) is 10.3. The molecule has 2 unspecified atom stereocenters. The molecule has 0 radical (unpaired) electrons. The Bertz CT molecular complexity index is 505. The molecular weight excluding hydrogens is 252 g/mol. The second kappa shape index (κ2) is 5.23. The van der Waals surface area contributed by atoms with Gasteiger partial charge in [-0.15, -0.1) is 0 Å². The molecule has 1 fully saturated rings. The third kappa shape index (κ3) is 2.50. The molecule has 19 heavy (non-hydrogen) atoms. The lowest BCUT2D eigenvalue weighted by molar-refractivity contribution is -0.141. The van der Waals surface area contributed by atoms with Gasteiger partial charge in [-0.05, 0) is 12.1 Å². The fraction of sp³-hybridized carbons (Fsp3) is 0.417. The average Bonchev–Trinajstić information content (AvgIpc) is 2.80. The van der Waals surface area contributed by atoms with Gasteiger partial charge in [-0.2, -0.15) is 0 Å². The lowest BCUT2D eigenvalue weighted by Gasteiger charge is -2.21. The summed E-state index contributed by atoms with van der Waals surface area (Å²) in [7, 11) is 1.38. The first kappa shape index (κ1) is 13.3. The number of hydrogen-bond donors (Lipinski definition) is 2. The van der Waals surface area contributed by atoms with Crippen LogP contribution in [0.5, 0.6) is 5.88 Å². The first-order chi connectivity index (χ1) is 9.04. The van der Waals surface area contributed by atoms with Crippen molar-refractivity contribution in [1.29, 1.82) is 0 Å². The van der Waals surface area contributed by atoms with Crippen LogP contribution in [0.2, 0.25) is 0 Å². The zero-order valence-corrected chi connectivity index (χ0v) is 10.3. The van der Waals surface area contributed by atoms with Crippen molar-refractivity contribution in [2.75, 3.05) is 13.7 Å². The highest BCUT2D eigenvalue weighted by Gasteiger charge is 2.40. The Hall–Kier alpha value is -2.15. The molecule has 1 aromatic rings. The van der Waals surface area contributed by atoms with E-state index in [1.165, 1.54) is 19.4 Å². The third-order valence-electron chi connectivity index (χ3n) is 3.02. The molecular formula is C12H14N2O5. The van der Waals surface area contributed by atoms with E-state index in [2.05, 4.69) is 4.98 Å². The molecule has 0 aromatic carbocycles. The summed E-state index contributed by atoms with van der Waals surface area (Å²) in [5, 5.41) is 18.6. The Labute approximate surface area is 109 Å². The van der Waals surface area contributed by atoms with Gasteiger partial charge in [0.15, 0.2) is 0 Å². The Balaban J connectivity index is 2.30. The number of amides is 1. The maximum atomic E-state index is 12.3. The number of aliphatic carboxylic acids is 1.